The molecule has 0 radical (unpaired) electrons. The number of hydrogen-bond donors (Lipinski definition) is 0. The number of nitrogens with zero attached hydrogens (tertiary/aromatic N) is 1. The van der Waals surface area contributed by atoms with Crippen molar-refractivity contribution in [1.82, 2.24) is 4.98 Å². The van der Waals surface area contributed by atoms with Gasteiger partial charge in [0.1, 0.15) is 11.9 Å². The van der Waals surface area contributed by atoms with E-state index in [0.29, 0.717) is 6.42 Å². The molecular formula is C17H23NO3. The van der Waals surface area contributed by atoms with Crippen LogP contribution in [0.15, 0.2) is 24.5 Å². The Balaban J connectivity index is 1.88. The lowest BCUT2D eigenvalue weighted by Gasteiger charge is -2.50. The molecule has 0 spiro atoms. The van der Waals surface area contributed by atoms with Gasteiger partial charge in [-0.25, -0.2) is 0 Å². The first-order valence-electron chi connectivity index (χ1n) is 7.42. The second kappa shape index (κ2) is 5.96. The topological polar surface area (TPSA) is 56.3 Å². The highest BCUT2D eigenvalue weighted by Gasteiger charge is 2.50. The van der Waals surface area contributed by atoms with Crippen LogP contribution in [0.3, 0.4) is 0 Å². The van der Waals surface area contributed by atoms with Crippen LogP contribution in [-0.2, 0) is 14.3 Å². The standard InChI is InChI=1S/C17H23NO3/c1-11(19)15-8-14(17(15,3)4)9-16(20)21-12(2)13-6-5-7-18-10-13/h5-7,10,12,14-15H,8-9H2,1-4H3/t12?,14-,15+/m1/s1. The molecule has 21 heavy (non-hydrogen) atoms. The number of rotatable bonds is 5. The van der Waals surface area contributed by atoms with Crippen molar-refractivity contribution in [2.24, 2.45) is 17.3 Å². The van der Waals surface area contributed by atoms with Crippen molar-refractivity contribution in [1.29, 1.82) is 0 Å². The minimum Gasteiger partial charge on any atom is -0.458 e. The number of carbonyl (C=O) groups excluding carboxylic acids is 2. The van der Waals surface area contributed by atoms with E-state index in [0.717, 1.165) is 12.0 Å². The monoisotopic (exact) mass is 289 g/mol. The van der Waals surface area contributed by atoms with Crippen molar-refractivity contribution < 1.29 is 14.3 Å². The Bertz CT molecular complexity index is 524. The molecule has 1 fully saturated rings. The van der Waals surface area contributed by atoms with Crippen molar-refractivity contribution in [2.45, 2.75) is 46.6 Å². The number of ketones is 1. The van der Waals surface area contributed by atoms with Crippen LogP contribution in [0.1, 0.15) is 52.2 Å². The Morgan fingerprint density at radius 1 is 1.48 bits per heavy atom. The van der Waals surface area contributed by atoms with Crippen LogP contribution >= 0.6 is 0 Å². The van der Waals surface area contributed by atoms with Crippen molar-refractivity contribution in [2.75, 3.05) is 0 Å². The van der Waals surface area contributed by atoms with Gasteiger partial charge in [-0.05, 0) is 37.7 Å². The van der Waals surface area contributed by atoms with Gasteiger partial charge in [-0.3, -0.25) is 14.6 Å². The van der Waals surface area contributed by atoms with Gasteiger partial charge in [0, 0.05) is 30.3 Å². The zero-order valence-electron chi connectivity index (χ0n) is 13.1. The summed E-state index contributed by atoms with van der Waals surface area (Å²) in [7, 11) is 0. The summed E-state index contributed by atoms with van der Waals surface area (Å²) in [6.45, 7) is 7.60. The molecule has 2 rings (SSSR count). The lowest BCUT2D eigenvalue weighted by Crippen LogP contribution is -2.49. The Morgan fingerprint density at radius 2 is 2.19 bits per heavy atom. The van der Waals surface area contributed by atoms with Gasteiger partial charge in [-0.15, -0.1) is 0 Å². The van der Waals surface area contributed by atoms with E-state index in [9.17, 15) is 9.59 Å². The van der Waals surface area contributed by atoms with Crippen molar-refractivity contribution in [3.8, 4) is 0 Å². The molecule has 1 aliphatic rings. The average molecular weight is 289 g/mol. The third-order valence-corrected chi connectivity index (χ3v) is 4.84. The summed E-state index contributed by atoms with van der Waals surface area (Å²) < 4.78 is 5.47. The molecule has 1 heterocycles. The van der Waals surface area contributed by atoms with Gasteiger partial charge in [-0.2, -0.15) is 0 Å². The number of carbonyl (C=O) groups is 2. The molecule has 1 saturated carbocycles. The highest BCUT2D eigenvalue weighted by molar-refractivity contribution is 5.81. The zero-order chi connectivity index (χ0) is 15.6. The van der Waals surface area contributed by atoms with Crippen LogP contribution in [0.2, 0.25) is 0 Å². The van der Waals surface area contributed by atoms with E-state index in [1.807, 2.05) is 19.1 Å². The molecule has 1 aromatic heterocycles. The summed E-state index contributed by atoms with van der Waals surface area (Å²) in [5.41, 5.74) is 0.780. The third-order valence-electron chi connectivity index (χ3n) is 4.84. The first-order valence-corrected chi connectivity index (χ1v) is 7.42. The van der Waals surface area contributed by atoms with Crippen molar-refractivity contribution in [3.63, 3.8) is 0 Å². The van der Waals surface area contributed by atoms with E-state index in [1.54, 1.807) is 19.3 Å². The molecule has 1 aliphatic carbocycles. The van der Waals surface area contributed by atoms with E-state index in [2.05, 4.69) is 18.8 Å². The molecule has 1 aromatic rings. The van der Waals surface area contributed by atoms with Crippen LogP contribution < -0.4 is 0 Å². The second-order valence-electron chi connectivity index (χ2n) is 6.54. The van der Waals surface area contributed by atoms with Crippen LogP contribution in [0.25, 0.3) is 0 Å². The van der Waals surface area contributed by atoms with E-state index in [4.69, 9.17) is 4.74 Å². The number of esters is 1. The number of ether oxygens (including phenoxy) is 1. The molecule has 0 amide bonds. The van der Waals surface area contributed by atoms with E-state index < -0.39 is 0 Å². The number of pyridine rings is 1. The second-order valence-corrected chi connectivity index (χ2v) is 6.54. The van der Waals surface area contributed by atoms with Gasteiger partial charge in [0.2, 0.25) is 0 Å². The molecule has 114 valence electrons. The fourth-order valence-electron chi connectivity index (χ4n) is 3.18. The normalized spacial score (nSPS) is 24.8. The minimum absolute atomic E-state index is 0.0750. The van der Waals surface area contributed by atoms with Crippen LogP contribution in [0.5, 0.6) is 0 Å². The number of hydrogen-bond acceptors (Lipinski definition) is 4. The summed E-state index contributed by atoms with van der Waals surface area (Å²) in [5.74, 6) is 0.311. The Kier molecular flexibility index (Phi) is 4.45. The lowest BCUT2D eigenvalue weighted by molar-refractivity contribution is -0.157. The molecule has 4 nitrogen and oxygen atoms in total. The highest BCUT2D eigenvalue weighted by atomic mass is 16.5. The maximum absolute atomic E-state index is 12.1. The molecule has 0 N–H and O–H groups in total. The predicted octanol–water partition coefficient (Wildman–Crippen LogP) is 3.33. The molecule has 1 unspecified atom stereocenters. The number of Topliss-reactive ketones (excluding diaryl/α,β-unsaturated/α-hetero) is 1. The van der Waals surface area contributed by atoms with Gasteiger partial charge >= 0.3 is 5.97 Å². The van der Waals surface area contributed by atoms with E-state index >= 15 is 0 Å². The maximum Gasteiger partial charge on any atom is 0.306 e. The molecule has 0 aromatic carbocycles. The van der Waals surface area contributed by atoms with Gasteiger partial charge in [-0.1, -0.05) is 19.9 Å². The summed E-state index contributed by atoms with van der Waals surface area (Å²) in [6.07, 6.45) is 4.27. The van der Waals surface area contributed by atoms with Crippen LogP contribution in [0, 0.1) is 17.3 Å². The van der Waals surface area contributed by atoms with Gasteiger partial charge in [0.05, 0.1) is 0 Å². The Morgan fingerprint density at radius 3 is 2.71 bits per heavy atom. The van der Waals surface area contributed by atoms with Crippen LogP contribution in [0.4, 0.5) is 0 Å². The molecule has 0 saturated heterocycles. The largest absolute Gasteiger partial charge is 0.458 e. The van der Waals surface area contributed by atoms with Gasteiger partial charge < -0.3 is 4.74 Å². The SMILES string of the molecule is CC(=O)[C@@H]1C[C@H](CC(=O)OC(C)c2cccnc2)C1(C)C. The molecule has 3 atom stereocenters. The van der Waals surface area contributed by atoms with Crippen molar-refractivity contribution in [3.05, 3.63) is 30.1 Å². The smallest absolute Gasteiger partial charge is 0.306 e. The van der Waals surface area contributed by atoms with Gasteiger partial charge in [0.15, 0.2) is 0 Å². The fraction of sp³-hybridized carbons (Fsp3) is 0.588. The molecule has 0 aliphatic heterocycles. The zero-order valence-corrected chi connectivity index (χ0v) is 13.1. The minimum atomic E-state index is -0.294. The Hall–Kier alpha value is -1.71. The highest BCUT2D eigenvalue weighted by Crippen LogP contribution is 2.53. The van der Waals surface area contributed by atoms with E-state index in [-0.39, 0.29) is 35.1 Å². The molecule has 0 bridgehead atoms. The van der Waals surface area contributed by atoms with Gasteiger partial charge in [0.25, 0.3) is 0 Å². The first kappa shape index (κ1) is 15.7. The van der Waals surface area contributed by atoms with Crippen molar-refractivity contribution >= 4 is 11.8 Å². The van der Waals surface area contributed by atoms with E-state index in [1.165, 1.54) is 0 Å². The Labute approximate surface area is 125 Å². The quantitative estimate of drug-likeness (QED) is 0.780. The number of aromatic nitrogens is 1. The average Bonchev–Trinajstić information content (AvgIpc) is 2.43. The summed E-state index contributed by atoms with van der Waals surface area (Å²) in [6, 6.07) is 3.72. The molecule has 4 heteroatoms. The summed E-state index contributed by atoms with van der Waals surface area (Å²) in [5, 5.41) is 0. The van der Waals surface area contributed by atoms with Crippen LogP contribution in [-0.4, -0.2) is 16.7 Å². The summed E-state index contributed by atoms with van der Waals surface area (Å²) in [4.78, 5) is 27.6. The predicted molar refractivity (Wildman–Crippen MR) is 79.4 cm³/mol. The molecular weight excluding hydrogens is 266 g/mol. The first-order chi connectivity index (χ1) is 9.82. The summed E-state index contributed by atoms with van der Waals surface area (Å²) >= 11 is 0. The third kappa shape index (κ3) is 3.31. The maximum atomic E-state index is 12.1. The fourth-order valence-corrected chi connectivity index (χ4v) is 3.18. The lowest BCUT2D eigenvalue weighted by atomic mass is 9.53.